The number of aromatic nitrogens is 4. The van der Waals surface area contributed by atoms with Crippen molar-refractivity contribution in [1.82, 2.24) is 25.5 Å². The van der Waals surface area contributed by atoms with Gasteiger partial charge in [-0.3, -0.25) is 4.79 Å². The summed E-state index contributed by atoms with van der Waals surface area (Å²) < 4.78 is 33.2. The molecule has 1 amide bonds. The molecule has 23 heavy (non-hydrogen) atoms. The van der Waals surface area contributed by atoms with Crippen LogP contribution in [0.15, 0.2) is 24.5 Å². The van der Waals surface area contributed by atoms with Gasteiger partial charge in [0, 0.05) is 5.56 Å². The molecule has 0 aliphatic carbocycles. The average Bonchev–Trinajstić information content (AvgIpc) is 3.01. The summed E-state index contributed by atoms with van der Waals surface area (Å²) in [4.78, 5) is 24.1. The van der Waals surface area contributed by atoms with Crippen LogP contribution < -0.4 is 5.32 Å². The van der Waals surface area contributed by atoms with E-state index >= 15 is 0 Å². The first-order valence-corrected chi connectivity index (χ1v) is 6.42. The molecule has 1 N–H and O–H groups in total. The molecule has 1 aromatic heterocycles. The Morgan fingerprint density at radius 2 is 2.13 bits per heavy atom. The van der Waals surface area contributed by atoms with Crippen molar-refractivity contribution in [1.29, 1.82) is 0 Å². The van der Waals surface area contributed by atoms with Gasteiger partial charge in [-0.1, -0.05) is 0 Å². The fourth-order valence-electron chi connectivity index (χ4n) is 2.03. The summed E-state index contributed by atoms with van der Waals surface area (Å²) >= 11 is 0. The van der Waals surface area contributed by atoms with E-state index < -0.39 is 29.0 Å². The maximum absolute atomic E-state index is 14.0. The Kier molecular flexibility index (Phi) is 4.63. The molecule has 0 aliphatic rings. The first-order chi connectivity index (χ1) is 10.9. The van der Waals surface area contributed by atoms with Crippen molar-refractivity contribution >= 4 is 11.9 Å². The molecular weight excluding hydrogens is 312 g/mol. The van der Waals surface area contributed by atoms with Crippen LogP contribution in [-0.2, 0) is 26.4 Å². The van der Waals surface area contributed by atoms with Crippen molar-refractivity contribution in [2.45, 2.75) is 19.0 Å². The molecule has 0 aliphatic heterocycles. The van der Waals surface area contributed by atoms with Crippen LogP contribution in [0.2, 0.25) is 0 Å². The van der Waals surface area contributed by atoms with Crippen LogP contribution in [0.25, 0.3) is 0 Å². The number of methoxy groups -OCH3 is 1. The van der Waals surface area contributed by atoms with Gasteiger partial charge >= 0.3 is 5.97 Å². The SMILES string of the molecule is COC(=O)C(C)(NC(=O)Cn1cnnn1)c1cc(F)ccc1F. The van der Waals surface area contributed by atoms with Gasteiger partial charge in [-0.25, -0.2) is 18.3 Å². The fourth-order valence-corrected chi connectivity index (χ4v) is 2.03. The Morgan fingerprint density at radius 3 is 2.74 bits per heavy atom. The summed E-state index contributed by atoms with van der Waals surface area (Å²) in [5.41, 5.74) is -2.26. The van der Waals surface area contributed by atoms with Crippen LogP contribution in [-0.4, -0.2) is 39.2 Å². The smallest absolute Gasteiger partial charge is 0.336 e. The van der Waals surface area contributed by atoms with E-state index in [1.807, 2.05) is 0 Å². The van der Waals surface area contributed by atoms with Gasteiger partial charge in [-0.2, -0.15) is 0 Å². The number of carbonyl (C=O) groups is 2. The lowest BCUT2D eigenvalue weighted by Crippen LogP contribution is -2.51. The lowest BCUT2D eigenvalue weighted by molar-refractivity contribution is -0.151. The molecule has 2 aromatic rings. The summed E-state index contributed by atoms with van der Waals surface area (Å²) in [6, 6.07) is 2.59. The zero-order chi connectivity index (χ0) is 17.0. The van der Waals surface area contributed by atoms with E-state index in [1.165, 1.54) is 13.3 Å². The van der Waals surface area contributed by atoms with Gasteiger partial charge in [-0.05, 0) is 35.5 Å². The van der Waals surface area contributed by atoms with Crippen molar-refractivity contribution in [2.24, 2.45) is 0 Å². The minimum atomic E-state index is -1.91. The molecule has 1 unspecified atom stereocenters. The zero-order valence-electron chi connectivity index (χ0n) is 12.3. The monoisotopic (exact) mass is 325 g/mol. The van der Waals surface area contributed by atoms with Gasteiger partial charge in [0.15, 0.2) is 5.54 Å². The summed E-state index contributed by atoms with van der Waals surface area (Å²) in [7, 11) is 1.07. The second-order valence-corrected chi connectivity index (χ2v) is 4.80. The first-order valence-electron chi connectivity index (χ1n) is 6.42. The van der Waals surface area contributed by atoms with Crippen molar-refractivity contribution in [3.05, 3.63) is 41.7 Å². The molecule has 0 saturated heterocycles. The van der Waals surface area contributed by atoms with Gasteiger partial charge in [0.1, 0.15) is 24.5 Å². The number of nitrogens with zero attached hydrogens (tertiary/aromatic N) is 4. The Morgan fingerprint density at radius 1 is 1.39 bits per heavy atom. The van der Waals surface area contributed by atoms with E-state index in [1.54, 1.807) is 0 Å². The summed E-state index contributed by atoms with van der Waals surface area (Å²) in [5, 5.41) is 12.5. The summed E-state index contributed by atoms with van der Waals surface area (Å²) in [6.07, 6.45) is 1.19. The van der Waals surface area contributed by atoms with Gasteiger partial charge < -0.3 is 10.1 Å². The van der Waals surface area contributed by atoms with Gasteiger partial charge in [0.2, 0.25) is 5.91 Å². The molecule has 0 radical (unpaired) electrons. The molecule has 1 heterocycles. The molecule has 0 spiro atoms. The molecule has 1 aromatic carbocycles. The Labute approximate surface area is 129 Å². The van der Waals surface area contributed by atoms with E-state index in [0.717, 1.165) is 30.0 Å². The number of hydrogen-bond acceptors (Lipinski definition) is 6. The van der Waals surface area contributed by atoms with Crippen molar-refractivity contribution < 1.29 is 23.1 Å². The third-order valence-electron chi connectivity index (χ3n) is 3.15. The maximum Gasteiger partial charge on any atom is 0.336 e. The molecule has 122 valence electrons. The average molecular weight is 325 g/mol. The number of tetrazole rings is 1. The van der Waals surface area contributed by atoms with Crippen LogP contribution in [0.4, 0.5) is 8.78 Å². The van der Waals surface area contributed by atoms with E-state index in [4.69, 9.17) is 0 Å². The summed E-state index contributed by atoms with van der Waals surface area (Å²) in [6.45, 7) is 0.907. The van der Waals surface area contributed by atoms with Crippen LogP contribution >= 0.6 is 0 Å². The van der Waals surface area contributed by atoms with E-state index in [0.29, 0.717) is 0 Å². The number of rotatable bonds is 5. The number of benzene rings is 1. The lowest BCUT2D eigenvalue weighted by atomic mass is 9.91. The quantitative estimate of drug-likeness (QED) is 0.786. The molecule has 0 bridgehead atoms. The predicted molar refractivity (Wildman–Crippen MR) is 71.7 cm³/mol. The molecule has 1 atom stereocenters. The fraction of sp³-hybridized carbons (Fsp3) is 0.308. The highest BCUT2D eigenvalue weighted by atomic mass is 19.1. The predicted octanol–water partition coefficient (Wildman–Crippen LogP) is 0.156. The lowest BCUT2D eigenvalue weighted by Gasteiger charge is -2.28. The first kappa shape index (κ1) is 16.5. The largest absolute Gasteiger partial charge is 0.467 e. The number of ether oxygens (including phenoxy) is 1. The van der Waals surface area contributed by atoms with E-state index in [9.17, 15) is 18.4 Å². The number of carbonyl (C=O) groups excluding carboxylic acids is 2. The number of hydrogen-bond donors (Lipinski definition) is 1. The highest BCUT2D eigenvalue weighted by Gasteiger charge is 2.40. The Bertz CT molecular complexity index is 722. The number of halogens is 2. The topological polar surface area (TPSA) is 99.0 Å². The van der Waals surface area contributed by atoms with E-state index in [-0.39, 0.29) is 12.1 Å². The Balaban J connectivity index is 2.33. The van der Waals surface area contributed by atoms with Crippen molar-refractivity contribution in [3.8, 4) is 0 Å². The third kappa shape index (κ3) is 3.47. The van der Waals surface area contributed by atoms with Crippen LogP contribution in [0.1, 0.15) is 12.5 Å². The van der Waals surface area contributed by atoms with Crippen LogP contribution in [0.3, 0.4) is 0 Å². The third-order valence-corrected chi connectivity index (χ3v) is 3.15. The molecule has 8 nitrogen and oxygen atoms in total. The number of nitrogens with one attached hydrogen (secondary N) is 1. The van der Waals surface area contributed by atoms with Crippen LogP contribution in [0, 0.1) is 11.6 Å². The molecule has 10 heteroatoms. The minimum Gasteiger partial charge on any atom is -0.467 e. The van der Waals surface area contributed by atoms with E-state index in [2.05, 4.69) is 25.6 Å². The molecular formula is C13H13F2N5O3. The van der Waals surface area contributed by atoms with Gasteiger partial charge in [0.25, 0.3) is 0 Å². The normalized spacial score (nSPS) is 13.2. The second-order valence-electron chi connectivity index (χ2n) is 4.80. The number of esters is 1. The minimum absolute atomic E-state index is 0.309. The van der Waals surface area contributed by atoms with Crippen molar-refractivity contribution in [2.75, 3.05) is 7.11 Å². The molecule has 0 saturated carbocycles. The van der Waals surface area contributed by atoms with Crippen LogP contribution in [0.5, 0.6) is 0 Å². The number of amides is 1. The van der Waals surface area contributed by atoms with Gasteiger partial charge in [0.05, 0.1) is 7.11 Å². The summed E-state index contributed by atoms with van der Waals surface area (Å²) in [5.74, 6) is -3.26. The Hall–Kier alpha value is -2.91. The standard InChI is InChI=1S/C13H13F2N5O3/c1-13(12(22)23-2,9-5-8(14)3-4-10(9)15)17-11(21)6-20-7-16-18-19-20/h3-5,7H,6H2,1-2H3,(H,17,21). The maximum atomic E-state index is 14.0. The van der Waals surface area contributed by atoms with Crippen molar-refractivity contribution in [3.63, 3.8) is 0 Å². The highest BCUT2D eigenvalue weighted by molar-refractivity contribution is 5.88. The van der Waals surface area contributed by atoms with Gasteiger partial charge in [-0.15, -0.1) is 5.10 Å². The molecule has 0 fully saturated rings. The molecule has 2 rings (SSSR count). The zero-order valence-corrected chi connectivity index (χ0v) is 12.3. The highest BCUT2D eigenvalue weighted by Crippen LogP contribution is 2.26. The second kappa shape index (κ2) is 6.46.